The first-order chi connectivity index (χ1) is 13.2. The van der Waals surface area contributed by atoms with Gasteiger partial charge in [-0.2, -0.15) is 5.26 Å². The van der Waals surface area contributed by atoms with Crippen molar-refractivity contribution < 1.29 is 19.3 Å². The second-order valence-electron chi connectivity index (χ2n) is 6.39. The molecule has 0 saturated carbocycles. The Balaban J connectivity index is 1.96. The average Bonchev–Trinajstić information content (AvgIpc) is 2.73. The van der Waals surface area contributed by atoms with E-state index in [4.69, 9.17) is 14.2 Å². The highest BCUT2D eigenvalue weighted by atomic mass is 16.5. The zero-order valence-electron chi connectivity index (χ0n) is 15.6. The van der Waals surface area contributed by atoms with E-state index in [-0.39, 0.29) is 18.8 Å². The second-order valence-corrected chi connectivity index (χ2v) is 6.39. The van der Waals surface area contributed by atoms with Crippen molar-refractivity contribution >= 4 is 0 Å². The number of aliphatic hydroxyl groups is 1. The number of morpholine rings is 1. The third-order valence-corrected chi connectivity index (χ3v) is 4.90. The van der Waals surface area contributed by atoms with Crippen LogP contribution in [0.5, 0.6) is 11.5 Å². The molecule has 0 aliphatic carbocycles. The van der Waals surface area contributed by atoms with Gasteiger partial charge >= 0.3 is 0 Å². The van der Waals surface area contributed by atoms with Crippen molar-refractivity contribution in [3.05, 3.63) is 59.2 Å². The van der Waals surface area contributed by atoms with Crippen molar-refractivity contribution in [1.29, 1.82) is 5.26 Å². The summed E-state index contributed by atoms with van der Waals surface area (Å²) >= 11 is 0. The van der Waals surface area contributed by atoms with Gasteiger partial charge in [0, 0.05) is 13.1 Å². The zero-order valence-corrected chi connectivity index (χ0v) is 15.6. The van der Waals surface area contributed by atoms with Crippen LogP contribution in [0.4, 0.5) is 0 Å². The number of hydrogen-bond donors (Lipinski definition) is 1. The lowest BCUT2D eigenvalue weighted by Gasteiger charge is -2.41. The van der Waals surface area contributed by atoms with Gasteiger partial charge < -0.3 is 19.3 Å². The molecule has 0 amide bonds. The van der Waals surface area contributed by atoms with E-state index < -0.39 is 0 Å². The maximum absolute atomic E-state index is 9.87. The predicted molar refractivity (Wildman–Crippen MR) is 101 cm³/mol. The molecule has 1 aliphatic rings. The molecule has 2 atom stereocenters. The third kappa shape index (κ3) is 4.06. The Morgan fingerprint density at radius 1 is 1.19 bits per heavy atom. The summed E-state index contributed by atoms with van der Waals surface area (Å²) < 4.78 is 16.6. The van der Waals surface area contributed by atoms with Crippen molar-refractivity contribution in [2.45, 2.75) is 18.7 Å². The highest BCUT2D eigenvalue weighted by molar-refractivity contribution is 5.44. The molecule has 27 heavy (non-hydrogen) atoms. The summed E-state index contributed by atoms with van der Waals surface area (Å²) in [6.45, 7) is 1.75. The summed E-state index contributed by atoms with van der Waals surface area (Å²) in [5.74, 6) is 1.29. The lowest BCUT2D eigenvalue weighted by molar-refractivity contribution is -0.0961. The van der Waals surface area contributed by atoms with Crippen LogP contribution in [0.2, 0.25) is 0 Å². The SMILES string of the molecule is COc1ccc([C@@H]2[C@@H](CO)OCCN2Cc2ccccc2C#N)cc1OC. The van der Waals surface area contributed by atoms with E-state index in [1.165, 1.54) is 0 Å². The number of ether oxygens (including phenoxy) is 3. The first-order valence-corrected chi connectivity index (χ1v) is 8.88. The van der Waals surface area contributed by atoms with Crippen LogP contribution in [0.25, 0.3) is 0 Å². The molecule has 0 spiro atoms. The number of aliphatic hydroxyl groups excluding tert-OH is 1. The lowest BCUT2D eigenvalue weighted by atomic mass is 9.96. The molecular weight excluding hydrogens is 344 g/mol. The lowest BCUT2D eigenvalue weighted by Crippen LogP contribution is -2.46. The maximum Gasteiger partial charge on any atom is 0.161 e. The van der Waals surface area contributed by atoms with E-state index in [1.54, 1.807) is 14.2 Å². The molecular formula is C21H24N2O4. The largest absolute Gasteiger partial charge is 0.493 e. The minimum absolute atomic E-state index is 0.0879. The Morgan fingerprint density at radius 3 is 2.67 bits per heavy atom. The molecule has 2 aromatic rings. The van der Waals surface area contributed by atoms with Crippen LogP contribution < -0.4 is 9.47 Å². The quantitative estimate of drug-likeness (QED) is 0.844. The standard InChI is InChI=1S/C21H24N2O4/c1-25-18-8-7-15(11-19(18)26-2)21-20(14-24)27-10-9-23(21)13-17-6-4-3-5-16(17)12-22/h3-8,11,20-21,24H,9-10,13-14H2,1-2H3/t20-,21-/m1/s1. The Hall–Kier alpha value is -2.59. The number of nitrogens with zero attached hydrogens (tertiary/aromatic N) is 2. The normalized spacial score (nSPS) is 20.1. The first-order valence-electron chi connectivity index (χ1n) is 8.88. The van der Waals surface area contributed by atoms with Crippen LogP contribution in [-0.2, 0) is 11.3 Å². The molecule has 142 valence electrons. The average molecular weight is 368 g/mol. The summed E-state index contributed by atoms with van der Waals surface area (Å²) in [5.41, 5.74) is 2.60. The Bertz CT molecular complexity index is 818. The van der Waals surface area contributed by atoms with Crippen LogP contribution in [0.1, 0.15) is 22.7 Å². The minimum atomic E-state index is -0.355. The van der Waals surface area contributed by atoms with Crippen LogP contribution >= 0.6 is 0 Å². The van der Waals surface area contributed by atoms with Gasteiger partial charge in [0.15, 0.2) is 11.5 Å². The van der Waals surface area contributed by atoms with Crippen LogP contribution in [0.3, 0.4) is 0 Å². The summed E-state index contributed by atoms with van der Waals surface area (Å²) in [6, 6.07) is 15.4. The van der Waals surface area contributed by atoms with Gasteiger partial charge in [-0.3, -0.25) is 4.90 Å². The number of benzene rings is 2. The van der Waals surface area contributed by atoms with E-state index in [1.807, 2.05) is 42.5 Å². The minimum Gasteiger partial charge on any atom is -0.493 e. The van der Waals surface area contributed by atoms with Crippen LogP contribution in [0.15, 0.2) is 42.5 Å². The molecule has 1 heterocycles. The van der Waals surface area contributed by atoms with Gasteiger partial charge in [0.25, 0.3) is 0 Å². The fourth-order valence-corrected chi connectivity index (χ4v) is 3.56. The van der Waals surface area contributed by atoms with Gasteiger partial charge in [-0.25, -0.2) is 0 Å². The summed E-state index contributed by atoms with van der Waals surface area (Å²) in [6.07, 6.45) is -0.355. The molecule has 1 aliphatic heterocycles. The van der Waals surface area contributed by atoms with E-state index >= 15 is 0 Å². The van der Waals surface area contributed by atoms with E-state index in [9.17, 15) is 10.4 Å². The maximum atomic E-state index is 9.87. The van der Waals surface area contributed by atoms with Crippen molar-refractivity contribution in [3.63, 3.8) is 0 Å². The fourth-order valence-electron chi connectivity index (χ4n) is 3.56. The Morgan fingerprint density at radius 2 is 1.96 bits per heavy atom. The molecule has 0 bridgehead atoms. The summed E-state index contributed by atoms with van der Waals surface area (Å²) in [4.78, 5) is 2.24. The topological polar surface area (TPSA) is 75.0 Å². The molecule has 1 saturated heterocycles. The molecule has 1 N–H and O–H groups in total. The molecule has 0 unspecified atom stereocenters. The Labute approximate surface area is 159 Å². The molecule has 3 rings (SSSR count). The monoisotopic (exact) mass is 368 g/mol. The fraction of sp³-hybridized carbons (Fsp3) is 0.381. The molecule has 1 fully saturated rings. The van der Waals surface area contributed by atoms with Crippen molar-refractivity contribution in [1.82, 2.24) is 4.90 Å². The van der Waals surface area contributed by atoms with Gasteiger partial charge in [0.2, 0.25) is 0 Å². The van der Waals surface area contributed by atoms with Gasteiger partial charge in [-0.1, -0.05) is 24.3 Å². The molecule has 6 heteroatoms. The molecule has 0 aromatic heterocycles. The van der Waals surface area contributed by atoms with Crippen molar-refractivity contribution in [2.24, 2.45) is 0 Å². The summed E-state index contributed by atoms with van der Waals surface area (Å²) in [7, 11) is 3.20. The highest BCUT2D eigenvalue weighted by Gasteiger charge is 2.34. The highest BCUT2D eigenvalue weighted by Crippen LogP contribution is 2.36. The van der Waals surface area contributed by atoms with Gasteiger partial charge in [0.1, 0.15) is 6.10 Å². The zero-order chi connectivity index (χ0) is 19.2. The van der Waals surface area contributed by atoms with E-state index in [0.717, 1.165) is 11.1 Å². The second kappa shape index (κ2) is 8.87. The predicted octanol–water partition coefficient (Wildman–Crippen LogP) is 2.51. The Kier molecular flexibility index (Phi) is 6.30. The van der Waals surface area contributed by atoms with E-state index in [2.05, 4.69) is 11.0 Å². The molecule has 0 radical (unpaired) electrons. The smallest absolute Gasteiger partial charge is 0.161 e. The number of rotatable bonds is 6. The third-order valence-electron chi connectivity index (χ3n) is 4.90. The molecule has 6 nitrogen and oxygen atoms in total. The van der Waals surface area contributed by atoms with Crippen LogP contribution in [0, 0.1) is 11.3 Å². The first kappa shape index (κ1) is 19.2. The molecule has 2 aromatic carbocycles. The van der Waals surface area contributed by atoms with Gasteiger partial charge in [-0.05, 0) is 29.3 Å². The number of hydrogen-bond acceptors (Lipinski definition) is 6. The van der Waals surface area contributed by atoms with Gasteiger partial charge in [-0.15, -0.1) is 0 Å². The van der Waals surface area contributed by atoms with Crippen molar-refractivity contribution in [3.8, 4) is 17.6 Å². The van der Waals surface area contributed by atoms with Crippen molar-refractivity contribution in [2.75, 3.05) is 34.0 Å². The summed E-state index contributed by atoms with van der Waals surface area (Å²) in [5, 5.41) is 19.3. The number of nitriles is 1. The van der Waals surface area contributed by atoms with E-state index in [0.29, 0.717) is 36.8 Å². The van der Waals surface area contributed by atoms with Crippen LogP contribution in [-0.4, -0.2) is 50.1 Å². The number of methoxy groups -OCH3 is 2. The van der Waals surface area contributed by atoms with Gasteiger partial charge in [0.05, 0.1) is 45.1 Å².